The molecule has 0 bridgehead atoms. The second-order valence-electron chi connectivity index (χ2n) is 7.27. The summed E-state index contributed by atoms with van der Waals surface area (Å²) < 4.78 is 0. The molecule has 122 valence electrons. The Morgan fingerprint density at radius 3 is 2.55 bits per heavy atom. The molecule has 0 saturated carbocycles. The van der Waals surface area contributed by atoms with E-state index >= 15 is 0 Å². The summed E-state index contributed by atoms with van der Waals surface area (Å²) in [6.07, 6.45) is 4.62. The maximum absolute atomic E-state index is 12.6. The van der Waals surface area contributed by atoms with Crippen LogP contribution in [0.2, 0.25) is 0 Å². The van der Waals surface area contributed by atoms with Crippen molar-refractivity contribution in [3.8, 4) is 0 Å². The Hall–Kier alpha value is -1.33. The maximum Gasteiger partial charge on any atom is 0.270 e. The first-order chi connectivity index (χ1) is 10.4. The summed E-state index contributed by atoms with van der Waals surface area (Å²) in [7, 11) is 0. The highest BCUT2D eigenvalue weighted by Crippen LogP contribution is 2.22. The number of piperazine rings is 1. The van der Waals surface area contributed by atoms with Crippen molar-refractivity contribution in [3.05, 3.63) is 23.0 Å². The zero-order valence-corrected chi connectivity index (χ0v) is 13.7. The van der Waals surface area contributed by atoms with Gasteiger partial charge in [0.2, 0.25) is 0 Å². The Bertz CT molecular complexity index is 513. The number of nitrogens with one attached hydrogen (secondary N) is 1. The smallest absolute Gasteiger partial charge is 0.270 e. The zero-order chi connectivity index (χ0) is 15.7. The molecular weight excluding hydrogens is 278 g/mol. The molecule has 0 atom stereocenters. The van der Waals surface area contributed by atoms with E-state index < -0.39 is 5.60 Å². The second kappa shape index (κ2) is 6.05. The summed E-state index contributed by atoms with van der Waals surface area (Å²) in [4.78, 5) is 20.1. The van der Waals surface area contributed by atoms with Crippen molar-refractivity contribution in [1.82, 2.24) is 14.8 Å². The van der Waals surface area contributed by atoms with Crippen LogP contribution in [0, 0.1) is 0 Å². The van der Waals surface area contributed by atoms with E-state index in [2.05, 4.69) is 16.0 Å². The molecular formula is C17H27N3O2. The lowest BCUT2D eigenvalue weighted by Crippen LogP contribution is -2.52. The van der Waals surface area contributed by atoms with Crippen LogP contribution in [0.5, 0.6) is 0 Å². The number of rotatable bonds is 3. The van der Waals surface area contributed by atoms with Gasteiger partial charge in [-0.2, -0.15) is 0 Å². The van der Waals surface area contributed by atoms with Gasteiger partial charge in [0.25, 0.3) is 5.91 Å². The minimum Gasteiger partial charge on any atom is -0.389 e. The van der Waals surface area contributed by atoms with Crippen molar-refractivity contribution >= 4 is 5.91 Å². The average molecular weight is 305 g/mol. The van der Waals surface area contributed by atoms with Crippen LogP contribution >= 0.6 is 0 Å². The highest BCUT2D eigenvalue weighted by Gasteiger charge is 2.27. The molecule has 1 aliphatic heterocycles. The average Bonchev–Trinajstić information content (AvgIpc) is 2.89. The molecule has 0 unspecified atom stereocenters. The van der Waals surface area contributed by atoms with Crippen LogP contribution in [0.25, 0.3) is 0 Å². The number of hydrogen-bond donors (Lipinski definition) is 2. The van der Waals surface area contributed by atoms with Gasteiger partial charge < -0.3 is 15.0 Å². The number of carbonyl (C=O) groups excluding carboxylic acids is 1. The monoisotopic (exact) mass is 305 g/mol. The van der Waals surface area contributed by atoms with Crippen LogP contribution in [0.4, 0.5) is 0 Å². The summed E-state index contributed by atoms with van der Waals surface area (Å²) in [5.74, 6) is 0.123. The number of amides is 1. The maximum atomic E-state index is 12.6. The molecule has 1 fully saturated rings. The van der Waals surface area contributed by atoms with Gasteiger partial charge in [0.15, 0.2) is 0 Å². The van der Waals surface area contributed by atoms with E-state index in [0.29, 0.717) is 6.54 Å². The Morgan fingerprint density at radius 2 is 1.91 bits per heavy atom. The fourth-order valence-electron chi connectivity index (χ4n) is 3.55. The third-order valence-corrected chi connectivity index (χ3v) is 4.62. The van der Waals surface area contributed by atoms with E-state index in [0.717, 1.165) is 44.7 Å². The lowest BCUT2D eigenvalue weighted by atomic mass is 9.98. The van der Waals surface area contributed by atoms with Crippen LogP contribution in [0.15, 0.2) is 6.07 Å². The summed E-state index contributed by atoms with van der Waals surface area (Å²) >= 11 is 0. The Labute approximate surface area is 132 Å². The standard InChI is InChI=1S/C17H27N3O2/c1-17(2,22)12-19-7-9-20(10-8-19)16(21)15-11-13-5-3-4-6-14(13)18-15/h11,18,22H,3-10,12H2,1-2H3. The first-order valence-corrected chi connectivity index (χ1v) is 8.37. The van der Waals surface area contributed by atoms with E-state index in [4.69, 9.17) is 0 Å². The summed E-state index contributed by atoms with van der Waals surface area (Å²) in [5, 5.41) is 9.89. The molecule has 1 aliphatic carbocycles. The van der Waals surface area contributed by atoms with Gasteiger partial charge >= 0.3 is 0 Å². The van der Waals surface area contributed by atoms with Crippen LogP contribution in [0.3, 0.4) is 0 Å². The number of β-amino-alcohol motifs (C(OH)–C–C–N with tert-alkyl or cyclic N) is 1. The quantitative estimate of drug-likeness (QED) is 0.888. The third kappa shape index (κ3) is 3.52. The largest absolute Gasteiger partial charge is 0.389 e. The molecule has 1 aromatic rings. The molecule has 0 spiro atoms. The molecule has 22 heavy (non-hydrogen) atoms. The molecule has 0 aromatic carbocycles. The van der Waals surface area contributed by atoms with Crippen LogP contribution in [-0.4, -0.2) is 64.1 Å². The van der Waals surface area contributed by atoms with Crippen molar-refractivity contribution in [2.24, 2.45) is 0 Å². The summed E-state index contributed by atoms with van der Waals surface area (Å²) in [6, 6.07) is 2.06. The number of aromatic amines is 1. The van der Waals surface area contributed by atoms with Crippen molar-refractivity contribution < 1.29 is 9.90 Å². The fourth-order valence-corrected chi connectivity index (χ4v) is 3.55. The number of aromatic nitrogens is 1. The molecule has 3 rings (SSSR count). The Kier molecular flexibility index (Phi) is 4.28. The summed E-state index contributed by atoms with van der Waals surface area (Å²) in [5.41, 5.74) is 2.67. The van der Waals surface area contributed by atoms with E-state index in [1.807, 2.05) is 18.7 Å². The fraction of sp³-hybridized carbons (Fsp3) is 0.706. The van der Waals surface area contributed by atoms with Crippen molar-refractivity contribution in [1.29, 1.82) is 0 Å². The lowest BCUT2D eigenvalue weighted by molar-refractivity contribution is 0.0177. The van der Waals surface area contributed by atoms with Gasteiger partial charge in [-0.25, -0.2) is 0 Å². The molecule has 1 amide bonds. The predicted octanol–water partition coefficient (Wildman–Crippen LogP) is 1.42. The van der Waals surface area contributed by atoms with Gasteiger partial charge in [-0.3, -0.25) is 9.69 Å². The third-order valence-electron chi connectivity index (χ3n) is 4.62. The lowest BCUT2D eigenvalue weighted by Gasteiger charge is -2.37. The van der Waals surface area contributed by atoms with Crippen molar-refractivity contribution in [2.75, 3.05) is 32.7 Å². The molecule has 1 aromatic heterocycles. The number of fused-ring (bicyclic) bond motifs is 1. The molecule has 5 heteroatoms. The molecule has 0 radical (unpaired) electrons. The highest BCUT2D eigenvalue weighted by molar-refractivity contribution is 5.93. The van der Waals surface area contributed by atoms with Gasteiger partial charge in [0.1, 0.15) is 5.69 Å². The number of H-pyrrole nitrogens is 1. The summed E-state index contributed by atoms with van der Waals surface area (Å²) in [6.45, 7) is 7.44. The van der Waals surface area contributed by atoms with Crippen molar-refractivity contribution in [3.63, 3.8) is 0 Å². The van der Waals surface area contributed by atoms with Gasteiger partial charge in [-0.05, 0) is 51.2 Å². The van der Waals surface area contributed by atoms with Gasteiger partial charge in [0, 0.05) is 38.4 Å². The van der Waals surface area contributed by atoms with Crippen molar-refractivity contribution in [2.45, 2.75) is 45.1 Å². The highest BCUT2D eigenvalue weighted by atomic mass is 16.3. The van der Waals surface area contributed by atoms with Crippen LogP contribution < -0.4 is 0 Å². The van der Waals surface area contributed by atoms with Crippen LogP contribution in [-0.2, 0) is 12.8 Å². The van der Waals surface area contributed by atoms with Gasteiger partial charge in [-0.1, -0.05) is 0 Å². The van der Waals surface area contributed by atoms with Gasteiger partial charge in [0.05, 0.1) is 5.60 Å². The second-order valence-corrected chi connectivity index (χ2v) is 7.27. The van der Waals surface area contributed by atoms with E-state index in [1.54, 1.807) is 0 Å². The first kappa shape index (κ1) is 15.6. The SMILES string of the molecule is CC(C)(O)CN1CCN(C(=O)c2cc3c([nH]2)CCCC3)CC1. The predicted molar refractivity (Wildman–Crippen MR) is 86.1 cm³/mol. The normalized spacial score (nSPS) is 20.0. The number of nitrogens with zero attached hydrogens (tertiary/aromatic N) is 2. The topological polar surface area (TPSA) is 59.6 Å². The molecule has 5 nitrogen and oxygen atoms in total. The Balaban J connectivity index is 1.59. The zero-order valence-electron chi connectivity index (χ0n) is 13.7. The van der Waals surface area contributed by atoms with E-state index in [1.165, 1.54) is 24.1 Å². The van der Waals surface area contributed by atoms with E-state index in [9.17, 15) is 9.90 Å². The van der Waals surface area contributed by atoms with E-state index in [-0.39, 0.29) is 5.91 Å². The van der Waals surface area contributed by atoms with Gasteiger partial charge in [-0.15, -0.1) is 0 Å². The first-order valence-electron chi connectivity index (χ1n) is 8.37. The Morgan fingerprint density at radius 1 is 1.23 bits per heavy atom. The molecule has 2 aliphatic rings. The molecule has 2 heterocycles. The number of hydrogen-bond acceptors (Lipinski definition) is 3. The van der Waals surface area contributed by atoms with Crippen LogP contribution in [0.1, 0.15) is 48.4 Å². The minimum absolute atomic E-state index is 0.123. The number of aryl methyl sites for hydroxylation is 2. The minimum atomic E-state index is -0.676. The number of aliphatic hydroxyl groups is 1. The molecule has 1 saturated heterocycles. The molecule has 2 N–H and O–H groups in total. The number of carbonyl (C=O) groups is 1.